The van der Waals surface area contributed by atoms with Gasteiger partial charge < -0.3 is 10.2 Å². The molecule has 2 aromatic rings. The van der Waals surface area contributed by atoms with Crippen molar-refractivity contribution in [3.05, 3.63) is 46.5 Å². The van der Waals surface area contributed by atoms with E-state index in [0.29, 0.717) is 6.54 Å². The molecule has 0 bridgehead atoms. The average Bonchev–Trinajstić information content (AvgIpc) is 2.91. The zero-order chi connectivity index (χ0) is 11.4. The number of nitrogens with two attached hydrogens (primary N) is 1. The van der Waals surface area contributed by atoms with Crippen LogP contribution in [0.2, 0.25) is 0 Å². The van der Waals surface area contributed by atoms with Gasteiger partial charge in [0.15, 0.2) is 0 Å². The second-order valence-electron chi connectivity index (χ2n) is 3.81. The van der Waals surface area contributed by atoms with Crippen LogP contribution in [0.3, 0.4) is 0 Å². The summed E-state index contributed by atoms with van der Waals surface area (Å²) in [5, 5.41) is 2.09. The van der Waals surface area contributed by atoms with Crippen LogP contribution in [0, 0.1) is 0 Å². The van der Waals surface area contributed by atoms with E-state index in [-0.39, 0.29) is 6.04 Å². The van der Waals surface area contributed by atoms with Gasteiger partial charge in [-0.15, -0.1) is 11.3 Å². The summed E-state index contributed by atoms with van der Waals surface area (Å²) in [6.45, 7) is 1.49. The van der Waals surface area contributed by atoms with Gasteiger partial charge >= 0.3 is 0 Å². The lowest BCUT2D eigenvalue weighted by atomic mass is 10.2. The summed E-state index contributed by atoms with van der Waals surface area (Å²) in [5.41, 5.74) is 7.01. The molecule has 0 amide bonds. The molecular weight excluding hydrogens is 220 g/mol. The molecule has 16 heavy (non-hydrogen) atoms. The van der Waals surface area contributed by atoms with Crippen molar-refractivity contribution in [1.82, 2.24) is 4.90 Å². The Hall–Kier alpha value is -1.10. The molecule has 0 aliphatic heterocycles. The van der Waals surface area contributed by atoms with Gasteiger partial charge in [-0.25, -0.2) is 0 Å². The highest BCUT2D eigenvalue weighted by Crippen LogP contribution is 2.24. The van der Waals surface area contributed by atoms with E-state index < -0.39 is 0 Å². The summed E-state index contributed by atoms with van der Waals surface area (Å²) in [4.78, 5) is 3.56. The van der Waals surface area contributed by atoms with E-state index in [4.69, 9.17) is 10.2 Å². The SMILES string of the molecule is CN(Cc1ccoc1)C(CN)c1cccs1. The van der Waals surface area contributed by atoms with Gasteiger partial charge in [-0.1, -0.05) is 6.07 Å². The predicted octanol–water partition coefficient (Wildman–Crippen LogP) is 2.47. The van der Waals surface area contributed by atoms with Gasteiger partial charge in [0.25, 0.3) is 0 Å². The molecule has 0 saturated heterocycles. The molecule has 2 heterocycles. The van der Waals surface area contributed by atoms with Crippen molar-refractivity contribution in [3.63, 3.8) is 0 Å². The largest absolute Gasteiger partial charge is 0.472 e. The van der Waals surface area contributed by atoms with E-state index in [0.717, 1.165) is 6.54 Å². The van der Waals surface area contributed by atoms with Crippen LogP contribution in [0.25, 0.3) is 0 Å². The molecule has 0 aromatic carbocycles. The van der Waals surface area contributed by atoms with Crippen LogP contribution in [0.15, 0.2) is 40.5 Å². The zero-order valence-corrected chi connectivity index (χ0v) is 10.1. The minimum atomic E-state index is 0.287. The summed E-state index contributed by atoms with van der Waals surface area (Å²) in [6.07, 6.45) is 3.48. The zero-order valence-electron chi connectivity index (χ0n) is 9.30. The Labute approximate surface area is 99.5 Å². The molecule has 0 radical (unpaired) electrons. The Morgan fingerprint density at radius 1 is 1.50 bits per heavy atom. The van der Waals surface area contributed by atoms with E-state index in [2.05, 4.69) is 29.5 Å². The first-order valence-electron chi connectivity index (χ1n) is 5.26. The fourth-order valence-corrected chi connectivity index (χ4v) is 2.68. The molecule has 2 rings (SSSR count). The normalized spacial score (nSPS) is 13.2. The second-order valence-corrected chi connectivity index (χ2v) is 4.79. The molecular formula is C12H16N2OS. The number of thiophene rings is 1. The van der Waals surface area contributed by atoms with Crippen molar-refractivity contribution < 1.29 is 4.42 Å². The smallest absolute Gasteiger partial charge is 0.0947 e. The molecule has 2 N–H and O–H groups in total. The van der Waals surface area contributed by atoms with Crippen molar-refractivity contribution in [3.8, 4) is 0 Å². The predicted molar refractivity (Wildman–Crippen MR) is 66.3 cm³/mol. The van der Waals surface area contributed by atoms with Crippen molar-refractivity contribution in [2.45, 2.75) is 12.6 Å². The van der Waals surface area contributed by atoms with Gasteiger partial charge in [0, 0.05) is 23.5 Å². The maximum absolute atomic E-state index is 5.84. The minimum Gasteiger partial charge on any atom is -0.472 e. The molecule has 86 valence electrons. The molecule has 0 saturated carbocycles. The fraction of sp³-hybridized carbons (Fsp3) is 0.333. The van der Waals surface area contributed by atoms with Crippen LogP contribution >= 0.6 is 11.3 Å². The Balaban J connectivity index is 2.04. The third kappa shape index (κ3) is 2.52. The molecule has 4 heteroatoms. The first kappa shape index (κ1) is 11.4. The highest BCUT2D eigenvalue weighted by molar-refractivity contribution is 7.10. The summed E-state index contributed by atoms with van der Waals surface area (Å²) in [7, 11) is 2.09. The lowest BCUT2D eigenvalue weighted by molar-refractivity contribution is 0.244. The van der Waals surface area contributed by atoms with E-state index in [1.807, 2.05) is 6.07 Å². The lowest BCUT2D eigenvalue weighted by Crippen LogP contribution is -2.29. The number of nitrogens with zero attached hydrogens (tertiary/aromatic N) is 1. The molecule has 1 unspecified atom stereocenters. The summed E-state index contributed by atoms with van der Waals surface area (Å²) >= 11 is 1.75. The Morgan fingerprint density at radius 2 is 2.38 bits per heavy atom. The highest BCUT2D eigenvalue weighted by Gasteiger charge is 2.16. The van der Waals surface area contributed by atoms with Gasteiger partial charge in [0.05, 0.1) is 18.6 Å². The Bertz CT molecular complexity index is 397. The number of rotatable bonds is 5. The molecule has 1 atom stereocenters. The van der Waals surface area contributed by atoms with Gasteiger partial charge in [0.2, 0.25) is 0 Å². The van der Waals surface area contributed by atoms with Crippen molar-refractivity contribution in [2.24, 2.45) is 5.73 Å². The number of furan rings is 1. The Kier molecular flexibility index (Phi) is 3.77. The average molecular weight is 236 g/mol. The first-order chi connectivity index (χ1) is 7.81. The van der Waals surface area contributed by atoms with E-state index in [1.54, 1.807) is 23.9 Å². The number of likely N-dealkylation sites (N-methyl/N-ethyl adjacent to an activating group) is 1. The second kappa shape index (κ2) is 5.30. The highest BCUT2D eigenvalue weighted by atomic mass is 32.1. The molecule has 0 aliphatic carbocycles. The maximum atomic E-state index is 5.84. The molecule has 2 aromatic heterocycles. The summed E-state index contributed by atoms with van der Waals surface area (Å²) in [6, 6.07) is 6.47. The van der Waals surface area contributed by atoms with Crippen LogP contribution in [-0.2, 0) is 6.54 Å². The fourth-order valence-electron chi connectivity index (χ4n) is 1.77. The van der Waals surface area contributed by atoms with Crippen LogP contribution in [0.4, 0.5) is 0 Å². The monoisotopic (exact) mass is 236 g/mol. The van der Waals surface area contributed by atoms with Gasteiger partial charge in [-0.3, -0.25) is 4.90 Å². The lowest BCUT2D eigenvalue weighted by Gasteiger charge is -2.25. The quantitative estimate of drug-likeness (QED) is 0.867. The van der Waals surface area contributed by atoms with E-state index in [9.17, 15) is 0 Å². The topological polar surface area (TPSA) is 42.4 Å². The molecule has 0 aliphatic rings. The Morgan fingerprint density at radius 3 is 2.94 bits per heavy atom. The van der Waals surface area contributed by atoms with Gasteiger partial charge in [-0.05, 0) is 24.6 Å². The third-order valence-electron chi connectivity index (χ3n) is 2.64. The van der Waals surface area contributed by atoms with Gasteiger partial charge in [-0.2, -0.15) is 0 Å². The molecule has 0 fully saturated rings. The molecule has 0 spiro atoms. The molecule has 3 nitrogen and oxygen atoms in total. The minimum absolute atomic E-state index is 0.287. The van der Waals surface area contributed by atoms with Gasteiger partial charge in [0.1, 0.15) is 0 Å². The standard InChI is InChI=1S/C12H16N2OS/c1-14(8-10-4-5-15-9-10)11(7-13)12-3-2-6-16-12/h2-6,9,11H,7-8,13H2,1H3. The van der Waals surface area contributed by atoms with Crippen molar-refractivity contribution in [1.29, 1.82) is 0 Å². The van der Waals surface area contributed by atoms with Crippen LogP contribution in [0.1, 0.15) is 16.5 Å². The van der Waals surface area contributed by atoms with Crippen molar-refractivity contribution in [2.75, 3.05) is 13.6 Å². The number of hydrogen-bond acceptors (Lipinski definition) is 4. The first-order valence-corrected chi connectivity index (χ1v) is 6.14. The third-order valence-corrected chi connectivity index (χ3v) is 3.61. The van der Waals surface area contributed by atoms with Crippen LogP contribution in [0.5, 0.6) is 0 Å². The number of hydrogen-bond donors (Lipinski definition) is 1. The van der Waals surface area contributed by atoms with Crippen molar-refractivity contribution >= 4 is 11.3 Å². The summed E-state index contributed by atoms with van der Waals surface area (Å²) < 4.78 is 5.06. The van der Waals surface area contributed by atoms with E-state index in [1.165, 1.54) is 10.4 Å². The summed E-state index contributed by atoms with van der Waals surface area (Å²) in [5.74, 6) is 0. The maximum Gasteiger partial charge on any atom is 0.0947 e. The van der Waals surface area contributed by atoms with Crippen LogP contribution < -0.4 is 5.73 Å². The van der Waals surface area contributed by atoms with E-state index >= 15 is 0 Å². The van der Waals surface area contributed by atoms with Crippen LogP contribution in [-0.4, -0.2) is 18.5 Å².